The van der Waals surface area contributed by atoms with Gasteiger partial charge in [0.25, 0.3) is 0 Å². The minimum Gasteiger partial charge on any atom is -0.550 e. The van der Waals surface area contributed by atoms with E-state index in [-0.39, 0.29) is 36.0 Å². The van der Waals surface area contributed by atoms with Gasteiger partial charge in [-0.1, -0.05) is 54.6 Å². The van der Waals surface area contributed by atoms with Gasteiger partial charge in [-0.3, -0.25) is 0 Å². The van der Waals surface area contributed by atoms with Crippen LogP contribution in [-0.4, -0.2) is 5.97 Å². The van der Waals surface area contributed by atoms with Crippen molar-refractivity contribution >= 4 is 5.97 Å². The van der Waals surface area contributed by atoms with E-state index >= 15 is 0 Å². The maximum Gasteiger partial charge on any atom is 1.00 e. The molecule has 86 valence electrons. The van der Waals surface area contributed by atoms with Crippen LogP contribution in [0.3, 0.4) is 0 Å². The number of carbonyl (C=O) groups is 1. The van der Waals surface area contributed by atoms with Gasteiger partial charge >= 0.3 is 29.6 Å². The molecule has 0 saturated carbocycles. The molecule has 0 bridgehead atoms. The van der Waals surface area contributed by atoms with E-state index in [9.17, 15) is 9.90 Å². The third-order valence-corrected chi connectivity index (χ3v) is 2.70. The SMILES string of the molecule is O=C([O-])CCc1ccccc1-c1ccccc1.[Na+]. The number of rotatable bonds is 4. The Kier molecular flexibility index (Phi) is 6.13. The van der Waals surface area contributed by atoms with Crippen molar-refractivity contribution in [3.8, 4) is 11.1 Å². The van der Waals surface area contributed by atoms with Crippen molar-refractivity contribution in [2.24, 2.45) is 0 Å². The van der Waals surface area contributed by atoms with Crippen LogP contribution in [0.1, 0.15) is 12.0 Å². The van der Waals surface area contributed by atoms with Crippen molar-refractivity contribution in [3.63, 3.8) is 0 Å². The molecule has 0 fully saturated rings. The summed E-state index contributed by atoms with van der Waals surface area (Å²) in [4.78, 5) is 10.5. The van der Waals surface area contributed by atoms with Crippen LogP contribution in [0.15, 0.2) is 54.6 Å². The van der Waals surface area contributed by atoms with Gasteiger partial charge in [-0.05, 0) is 29.5 Å². The molecule has 0 amide bonds. The van der Waals surface area contributed by atoms with Gasteiger partial charge in [-0.15, -0.1) is 0 Å². The number of aryl methyl sites for hydroxylation is 1. The third kappa shape index (κ3) is 3.98. The van der Waals surface area contributed by atoms with Crippen LogP contribution in [0.25, 0.3) is 11.1 Å². The molecule has 0 aliphatic carbocycles. The van der Waals surface area contributed by atoms with E-state index in [0.29, 0.717) is 6.42 Å². The number of hydrogen-bond acceptors (Lipinski definition) is 2. The van der Waals surface area contributed by atoms with E-state index in [1.165, 1.54) is 0 Å². The molecule has 0 saturated heterocycles. The Morgan fingerprint density at radius 1 is 0.944 bits per heavy atom. The minimum atomic E-state index is -1.01. The van der Waals surface area contributed by atoms with Crippen LogP contribution in [0.4, 0.5) is 0 Å². The zero-order valence-corrected chi connectivity index (χ0v) is 12.4. The maximum atomic E-state index is 10.5. The van der Waals surface area contributed by atoms with Gasteiger partial charge < -0.3 is 9.90 Å². The largest absolute Gasteiger partial charge is 1.00 e. The Morgan fingerprint density at radius 3 is 2.22 bits per heavy atom. The molecule has 0 unspecified atom stereocenters. The van der Waals surface area contributed by atoms with Gasteiger partial charge in [0, 0.05) is 5.97 Å². The van der Waals surface area contributed by atoms with E-state index < -0.39 is 5.97 Å². The van der Waals surface area contributed by atoms with Gasteiger partial charge in [-0.25, -0.2) is 0 Å². The molecule has 0 aliphatic heterocycles. The van der Waals surface area contributed by atoms with Crippen molar-refractivity contribution in [1.29, 1.82) is 0 Å². The topological polar surface area (TPSA) is 40.1 Å². The van der Waals surface area contributed by atoms with Crippen molar-refractivity contribution in [2.75, 3.05) is 0 Å². The molecule has 0 aromatic heterocycles. The first kappa shape index (κ1) is 15.0. The van der Waals surface area contributed by atoms with Crippen molar-refractivity contribution in [2.45, 2.75) is 12.8 Å². The molecule has 2 aromatic carbocycles. The number of carbonyl (C=O) groups excluding carboxylic acids is 1. The first-order chi connectivity index (χ1) is 8.27. The van der Waals surface area contributed by atoms with Gasteiger partial charge in [0.05, 0.1) is 0 Å². The van der Waals surface area contributed by atoms with Crippen LogP contribution in [0, 0.1) is 0 Å². The minimum absolute atomic E-state index is 0. The molecule has 0 N–H and O–H groups in total. The molecule has 0 heterocycles. The summed E-state index contributed by atoms with van der Waals surface area (Å²) in [5.74, 6) is -1.01. The summed E-state index contributed by atoms with van der Waals surface area (Å²) in [7, 11) is 0. The van der Waals surface area contributed by atoms with Crippen LogP contribution < -0.4 is 34.7 Å². The second kappa shape index (κ2) is 7.37. The summed E-state index contributed by atoms with van der Waals surface area (Å²) in [6.45, 7) is 0. The predicted molar refractivity (Wildman–Crippen MR) is 65.2 cm³/mol. The normalized spacial score (nSPS) is 9.56. The monoisotopic (exact) mass is 248 g/mol. The molecule has 2 aromatic rings. The molecule has 0 atom stereocenters. The second-order valence-corrected chi connectivity index (χ2v) is 3.90. The average Bonchev–Trinajstić information content (AvgIpc) is 2.38. The molecule has 0 spiro atoms. The Labute approximate surface area is 129 Å². The molecule has 0 radical (unpaired) electrons. The molecule has 18 heavy (non-hydrogen) atoms. The standard InChI is InChI=1S/C15H14O2.Na/c16-15(17)11-10-13-8-4-5-9-14(13)12-6-2-1-3-7-12;/h1-9H,10-11H2,(H,16,17);/q;+1/p-1. The summed E-state index contributed by atoms with van der Waals surface area (Å²) < 4.78 is 0. The number of hydrogen-bond donors (Lipinski definition) is 0. The van der Waals surface area contributed by atoms with Gasteiger partial charge in [0.15, 0.2) is 0 Å². The fourth-order valence-corrected chi connectivity index (χ4v) is 1.87. The Morgan fingerprint density at radius 2 is 1.56 bits per heavy atom. The Hall–Kier alpha value is -1.09. The van der Waals surface area contributed by atoms with E-state index in [4.69, 9.17) is 0 Å². The molecular weight excluding hydrogens is 235 g/mol. The average molecular weight is 248 g/mol. The fourth-order valence-electron chi connectivity index (χ4n) is 1.87. The van der Waals surface area contributed by atoms with Crippen LogP contribution >= 0.6 is 0 Å². The van der Waals surface area contributed by atoms with Gasteiger partial charge in [0.2, 0.25) is 0 Å². The predicted octanol–water partition coefficient (Wildman–Crippen LogP) is -0.960. The first-order valence-corrected chi connectivity index (χ1v) is 5.60. The van der Waals surface area contributed by atoms with E-state index in [1.54, 1.807) is 0 Å². The van der Waals surface area contributed by atoms with Gasteiger partial charge in [-0.2, -0.15) is 0 Å². The summed E-state index contributed by atoms with van der Waals surface area (Å²) in [6, 6.07) is 17.8. The maximum absolute atomic E-state index is 10.5. The Balaban J connectivity index is 0.00000162. The van der Waals surface area contributed by atoms with E-state index in [0.717, 1.165) is 16.7 Å². The number of aliphatic carboxylic acids is 1. The molecule has 2 rings (SSSR count). The quantitative estimate of drug-likeness (QED) is 0.654. The Bertz CT molecular complexity index is 509. The molecule has 2 nitrogen and oxygen atoms in total. The fraction of sp³-hybridized carbons (Fsp3) is 0.133. The molecular formula is C15H13NaO2. The summed E-state index contributed by atoms with van der Waals surface area (Å²) in [5.41, 5.74) is 3.25. The summed E-state index contributed by atoms with van der Waals surface area (Å²) >= 11 is 0. The third-order valence-electron chi connectivity index (χ3n) is 2.70. The van der Waals surface area contributed by atoms with Crippen LogP contribution in [0.5, 0.6) is 0 Å². The van der Waals surface area contributed by atoms with Crippen molar-refractivity contribution in [1.82, 2.24) is 0 Å². The number of benzene rings is 2. The summed E-state index contributed by atoms with van der Waals surface area (Å²) in [5, 5.41) is 10.5. The van der Waals surface area contributed by atoms with Crippen LogP contribution in [-0.2, 0) is 11.2 Å². The number of carboxylic acids is 1. The first-order valence-electron chi connectivity index (χ1n) is 5.60. The van der Waals surface area contributed by atoms with E-state index in [2.05, 4.69) is 0 Å². The second-order valence-electron chi connectivity index (χ2n) is 3.90. The summed E-state index contributed by atoms with van der Waals surface area (Å²) in [6.07, 6.45) is 0.567. The zero-order valence-electron chi connectivity index (χ0n) is 10.4. The smallest absolute Gasteiger partial charge is 0.550 e. The number of carboxylic acid groups (broad SMARTS) is 1. The molecule has 3 heteroatoms. The van der Waals surface area contributed by atoms with Crippen LogP contribution in [0.2, 0.25) is 0 Å². The van der Waals surface area contributed by atoms with Crippen molar-refractivity contribution < 1.29 is 39.5 Å². The zero-order chi connectivity index (χ0) is 12.1. The van der Waals surface area contributed by atoms with Crippen molar-refractivity contribution in [3.05, 3.63) is 60.2 Å². The molecule has 0 aliphatic rings. The van der Waals surface area contributed by atoms with Gasteiger partial charge in [0.1, 0.15) is 0 Å². The van der Waals surface area contributed by atoms with E-state index in [1.807, 2.05) is 54.6 Å².